The first kappa shape index (κ1) is 11.7. The molecule has 2 rings (SSSR count). The van der Waals surface area contributed by atoms with Gasteiger partial charge in [-0.05, 0) is 49.1 Å². The smallest absolute Gasteiger partial charge is 0.0609 e. The van der Waals surface area contributed by atoms with Crippen molar-refractivity contribution in [3.05, 3.63) is 21.9 Å². The summed E-state index contributed by atoms with van der Waals surface area (Å²) in [6.45, 7) is 0. The Morgan fingerprint density at radius 3 is 3.31 bits per heavy atom. The molecular formula is C14H18OS. The maximum atomic E-state index is 10.2. The van der Waals surface area contributed by atoms with Crippen LogP contribution in [0.5, 0.6) is 0 Å². The van der Waals surface area contributed by atoms with Crippen LogP contribution in [-0.4, -0.2) is 11.2 Å². The highest BCUT2D eigenvalue weighted by Crippen LogP contribution is 2.38. The van der Waals surface area contributed by atoms with E-state index in [1.807, 2.05) is 11.3 Å². The third-order valence-electron chi connectivity index (χ3n) is 3.38. The minimum absolute atomic E-state index is 0.206. The van der Waals surface area contributed by atoms with E-state index in [2.05, 4.69) is 17.4 Å². The minimum Gasteiger partial charge on any atom is -0.392 e. The Morgan fingerprint density at radius 1 is 1.62 bits per heavy atom. The molecule has 2 atom stereocenters. The molecule has 0 saturated carbocycles. The first-order chi connectivity index (χ1) is 7.83. The minimum atomic E-state index is -0.206. The zero-order chi connectivity index (χ0) is 11.4. The van der Waals surface area contributed by atoms with Crippen molar-refractivity contribution in [2.24, 2.45) is 0 Å². The van der Waals surface area contributed by atoms with Crippen molar-refractivity contribution < 1.29 is 5.11 Å². The molecule has 0 amide bonds. The number of unbranched alkanes of at least 4 members (excludes halogenated alkanes) is 1. The third kappa shape index (κ3) is 2.48. The van der Waals surface area contributed by atoms with Gasteiger partial charge in [0.15, 0.2) is 0 Å². The van der Waals surface area contributed by atoms with Gasteiger partial charge in [0.2, 0.25) is 0 Å². The molecule has 2 heteroatoms. The van der Waals surface area contributed by atoms with Crippen LogP contribution in [0.4, 0.5) is 0 Å². The van der Waals surface area contributed by atoms with Crippen molar-refractivity contribution in [1.82, 2.24) is 0 Å². The number of fused-ring (bicyclic) bond motifs is 1. The molecule has 1 heterocycles. The number of terminal acetylenes is 1. The van der Waals surface area contributed by atoms with Gasteiger partial charge < -0.3 is 5.11 Å². The summed E-state index contributed by atoms with van der Waals surface area (Å²) in [6, 6.07) is 2.19. The molecule has 1 aromatic rings. The monoisotopic (exact) mass is 234 g/mol. The molecule has 1 aromatic heterocycles. The topological polar surface area (TPSA) is 20.2 Å². The van der Waals surface area contributed by atoms with Gasteiger partial charge in [-0.3, -0.25) is 0 Å². The van der Waals surface area contributed by atoms with Crippen LogP contribution in [0.3, 0.4) is 0 Å². The largest absolute Gasteiger partial charge is 0.392 e. The van der Waals surface area contributed by atoms with E-state index >= 15 is 0 Å². The molecule has 16 heavy (non-hydrogen) atoms. The lowest BCUT2D eigenvalue weighted by atomic mass is 9.82. The summed E-state index contributed by atoms with van der Waals surface area (Å²) >= 11 is 1.83. The van der Waals surface area contributed by atoms with E-state index in [0.29, 0.717) is 5.92 Å². The van der Waals surface area contributed by atoms with Crippen molar-refractivity contribution in [3.8, 4) is 12.3 Å². The Hall–Kier alpha value is -0.780. The number of hydrogen-bond acceptors (Lipinski definition) is 2. The van der Waals surface area contributed by atoms with Crippen LogP contribution in [-0.2, 0) is 6.42 Å². The van der Waals surface area contributed by atoms with E-state index in [4.69, 9.17) is 6.42 Å². The summed E-state index contributed by atoms with van der Waals surface area (Å²) in [5.41, 5.74) is 1.39. The Bertz CT molecular complexity index is 374. The van der Waals surface area contributed by atoms with Gasteiger partial charge in [0.05, 0.1) is 6.10 Å². The molecule has 1 N–H and O–H groups in total. The number of aryl methyl sites for hydroxylation is 1. The van der Waals surface area contributed by atoms with Crippen LogP contribution in [0.15, 0.2) is 11.4 Å². The molecule has 86 valence electrons. The number of aliphatic hydroxyl groups is 1. The molecule has 0 aliphatic heterocycles. The highest BCUT2D eigenvalue weighted by molar-refractivity contribution is 7.10. The van der Waals surface area contributed by atoms with E-state index in [1.165, 1.54) is 23.3 Å². The quantitative estimate of drug-likeness (QED) is 0.626. The highest BCUT2D eigenvalue weighted by atomic mass is 32.1. The van der Waals surface area contributed by atoms with Crippen molar-refractivity contribution in [3.63, 3.8) is 0 Å². The fourth-order valence-corrected chi connectivity index (χ4v) is 3.53. The summed E-state index contributed by atoms with van der Waals surface area (Å²) in [4.78, 5) is 1.48. The Morgan fingerprint density at radius 2 is 2.50 bits per heavy atom. The zero-order valence-corrected chi connectivity index (χ0v) is 10.3. The molecular weight excluding hydrogens is 216 g/mol. The van der Waals surface area contributed by atoms with Crippen molar-refractivity contribution in [2.75, 3.05) is 0 Å². The fraction of sp³-hybridized carbons (Fsp3) is 0.571. The average Bonchev–Trinajstić information content (AvgIpc) is 2.76. The summed E-state index contributed by atoms with van der Waals surface area (Å²) in [6.07, 6.45) is 11.1. The lowest BCUT2D eigenvalue weighted by Crippen LogP contribution is -2.21. The summed E-state index contributed by atoms with van der Waals surface area (Å²) in [7, 11) is 0. The maximum absolute atomic E-state index is 10.2. The van der Waals surface area contributed by atoms with E-state index < -0.39 is 0 Å². The summed E-state index contributed by atoms with van der Waals surface area (Å²) in [5, 5.41) is 12.4. The Balaban J connectivity index is 1.98. The van der Waals surface area contributed by atoms with Crippen molar-refractivity contribution in [2.45, 2.75) is 50.5 Å². The molecule has 0 aromatic carbocycles. The van der Waals surface area contributed by atoms with Gasteiger partial charge in [-0.2, -0.15) is 0 Å². The molecule has 2 unspecified atom stereocenters. The predicted octanol–water partition coefficient (Wildman–Crippen LogP) is 3.33. The molecule has 0 bridgehead atoms. The zero-order valence-electron chi connectivity index (χ0n) is 9.48. The van der Waals surface area contributed by atoms with Gasteiger partial charge in [-0.15, -0.1) is 23.7 Å². The van der Waals surface area contributed by atoms with Gasteiger partial charge >= 0.3 is 0 Å². The van der Waals surface area contributed by atoms with Crippen LogP contribution in [0.1, 0.15) is 48.5 Å². The van der Waals surface area contributed by atoms with Gasteiger partial charge in [0, 0.05) is 17.2 Å². The van der Waals surface area contributed by atoms with E-state index in [-0.39, 0.29) is 6.10 Å². The van der Waals surface area contributed by atoms with Gasteiger partial charge in [0.1, 0.15) is 0 Å². The maximum Gasteiger partial charge on any atom is 0.0609 e. The number of aliphatic hydroxyl groups excluding tert-OH is 1. The third-order valence-corrected chi connectivity index (χ3v) is 4.38. The van der Waals surface area contributed by atoms with E-state index in [1.54, 1.807) is 0 Å². The molecule has 0 saturated heterocycles. The van der Waals surface area contributed by atoms with Gasteiger partial charge in [0.25, 0.3) is 0 Å². The van der Waals surface area contributed by atoms with Crippen LogP contribution >= 0.6 is 11.3 Å². The van der Waals surface area contributed by atoms with Gasteiger partial charge in [-0.25, -0.2) is 0 Å². The van der Waals surface area contributed by atoms with Crippen molar-refractivity contribution in [1.29, 1.82) is 0 Å². The average molecular weight is 234 g/mol. The first-order valence-electron chi connectivity index (χ1n) is 6.00. The molecule has 0 spiro atoms. The Kier molecular flexibility index (Phi) is 4.04. The summed E-state index contributed by atoms with van der Waals surface area (Å²) in [5.74, 6) is 2.99. The van der Waals surface area contributed by atoms with Gasteiger partial charge in [-0.1, -0.05) is 0 Å². The Labute approximate surface area is 102 Å². The van der Waals surface area contributed by atoms with Crippen LogP contribution in [0.2, 0.25) is 0 Å². The molecule has 1 aliphatic carbocycles. The van der Waals surface area contributed by atoms with Crippen molar-refractivity contribution >= 4 is 11.3 Å². The lowest BCUT2D eigenvalue weighted by molar-refractivity contribution is 0.124. The number of hydrogen-bond donors (Lipinski definition) is 1. The lowest BCUT2D eigenvalue weighted by Gasteiger charge is -2.27. The van der Waals surface area contributed by atoms with Crippen LogP contribution in [0.25, 0.3) is 0 Å². The molecule has 1 aliphatic rings. The number of rotatable bonds is 4. The van der Waals surface area contributed by atoms with E-state index in [9.17, 15) is 5.11 Å². The second kappa shape index (κ2) is 5.52. The van der Waals surface area contributed by atoms with Crippen LogP contribution in [0, 0.1) is 12.3 Å². The normalized spacial score (nSPS) is 21.1. The standard InChI is InChI=1S/C14H18OS/c1-2-3-4-7-13(15)11-6-5-8-14-12(11)9-10-16-14/h1,9-11,13,15H,3-8H2. The second-order valence-corrected chi connectivity index (χ2v) is 5.46. The predicted molar refractivity (Wildman–Crippen MR) is 68.7 cm³/mol. The second-order valence-electron chi connectivity index (χ2n) is 4.46. The molecule has 0 radical (unpaired) electrons. The summed E-state index contributed by atoms with van der Waals surface area (Å²) < 4.78 is 0. The fourth-order valence-electron chi connectivity index (χ4n) is 2.54. The SMILES string of the molecule is C#CCCCC(O)C1CCCc2sccc21. The van der Waals surface area contributed by atoms with Crippen LogP contribution < -0.4 is 0 Å². The van der Waals surface area contributed by atoms with E-state index in [0.717, 1.165) is 25.7 Å². The molecule has 1 nitrogen and oxygen atoms in total. The highest BCUT2D eigenvalue weighted by Gasteiger charge is 2.26. The first-order valence-corrected chi connectivity index (χ1v) is 6.88. The number of thiophene rings is 1. The molecule has 0 fully saturated rings.